The molecule has 0 bridgehead atoms. The molecule has 20 heavy (non-hydrogen) atoms. The largest absolute Gasteiger partial charge is 0.545 e. The molecule has 0 amide bonds. The molecule has 122 valence electrons. The summed E-state index contributed by atoms with van der Waals surface area (Å²) in [7, 11) is 0. The van der Waals surface area contributed by atoms with Crippen molar-refractivity contribution in [3.05, 3.63) is 0 Å². The van der Waals surface area contributed by atoms with Crippen LogP contribution in [-0.2, 0) is 4.79 Å². The monoisotopic (exact) mass is 347 g/mol. The molecule has 0 aromatic heterocycles. The van der Waals surface area contributed by atoms with Gasteiger partial charge in [0.05, 0.1) is 32.1 Å². The van der Waals surface area contributed by atoms with Crippen LogP contribution in [-0.4, -0.2) is 40.4 Å². The van der Waals surface area contributed by atoms with E-state index in [2.05, 4.69) is 27.7 Å². The highest BCUT2D eigenvalue weighted by Gasteiger charge is 2.22. The second-order valence-corrected chi connectivity index (χ2v) is 7.30. The van der Waals surface area contributed by atoms with E-state index in [0.717, 1.165) is 0 Å². The van der Waals surface area contributed by atoms with Gasteiger partial charge >= 0.3 is 0 Å². The van der Waals surface area contributed by atoms with Crippen LogP contribution in [0.5, 0.6) is 0 Å². The first-order valence-corrected chi connectivity index (χ1v) is 8.45. The first-order valence-electron chi connectivity index (χ1n) is 7.32. The van der Waals surface area contributed by atoms with Crippen LogP contribution in [0.3, 0.4) is 0 Å². The number of carboxylic acid groups (broad SMARTS) is 1. The Balaban J connectivity index is 0. The molecule has 0 atom stereocenters. The quantitative estimate of drug-likeness (QED) is 0.497. The molecule has 0 aliphatic carbocycles. The molecular weight excluding hydrogens is 321 g/mol. The van der Waals surface area contributed by atoms with Crippen LogP contribution in [0.25, 0.3) is 0 Å². The summed E-state index contributed by atoms with van der Waals surface area (Å²) in [6, 6.07) is 0. The summed E-state index contributed by atoms with van der Waals surface area (Å²) in [5.74, 6) is -1.71. The van der Waals surface area contributed by atoms with E-state index in [0.29, 0.717) is 0 Å². The predicted molar refractivity (Wildman–Crippen MR) is 86.2 cm³/mol. The molecule has 6 heteroatoms. The van der Waals surface area contributed by atoms with Crippen molar-refractivity contribution in [1.82, 2.24) is 0 Å². The predicted octanol–water partition coefficient (Wildman–Crippen LogP) is 3.55. The third-order valence-electron chi connectivity index (χ3n) is 3.02. The van der Waals surface area contributed by atoms with E-state index >= 15 is 0 Å². The Bertz CT molecular complexity index is 226. The lowest BCUT2D eigenvalue weighted by Gasteiger charge is -2.38. The molecule has 0 heterocycles. The lowest BCUT2D eigenvalue weighted by atomic mass is 10.2. The van der Waals surface area contributed by atoms with Crippen molar-refractivity contribution >= 4 is 40.8 Å². The molecule has 0 fully saturated rings. The van der Waals surface area contributed by atoms with Gasteiger partial charge in [-0.1, -0.05) is 62.5 Å². The lowest BCUT2D eigenvalue weighted by molar-refractivity contribution is -0.928. The molecule has 0 aromatic carbocycles. The standard InChI is InChI=1S/C12H28N.C2HCl3O2/c1-5-9-13(10-6-2,11-7-3)12-8-4;3-2(4,5)1(6)7/h5-12H2,1-4H3;(H,6,7)/q+1;/p-1. The average molecular weight is 349 g/mol. The summed E-state index contributed by atoms with van der Waals surface area (Å²) in [5.41, 5.74) is 0. The molecule has 0 radical (unpaired) electrons. The van der Waals surface area contributed by atoms with Crippen molar-refractivity contribution in [2.75, 3.05) is 26.2 Å². The number of hydrogen-bond acceptors (Lipinski definition) is 2. The Morgan fingerprint density at radius 1 is 0.850 bits per heavy atom. The number of rotatable bonds is 8. The molecule has 0 aliphatic rings. The Labute approximate surface area is 138 Å². The maximum atomic E-state index is 9.51. The molecule has 0 spiro atoms. The zero-order valence-corrected chi connectivity index (χ0v) is 15.3. The van der Waals surface area contributed by atoms with Gasteiger partial charge in [0, 0.05) is 0 Å². The molecule has 0 saturated heterocycles. The van der Waals surface area contributed by atoms with Gasteiger partial charge in [0.25, 0.3) is 0 Å². The normalized spacial score (nSPS) is 11.8. The third kappa shape index (κ3) is 11.0. The Kier molecular flexibility index (Phi) is 13.4. The van der Waals surface area contributed by atoms with Crippen molar-refractivity contribution in [2.45, 2.75) is 57.2 Å². The first kappa shape index (κ1) is 22.6. The number of nitrogens with zero attached hydrogens (tertiary/aromatic N) is 1. The smallest absolute Gasteiger partial charge is 0.230 e. The topological polar surface area (TPSA) is 40.1 Å². The number of hydrogen-bond donors (Lipinski definition) is 0. The van der Waals surface area contributed by atoms with Crippen LogP contribution in [0.1, 0.15) is 53.4 Å². The summed E-state index contributed by atoms with van der Waals surface area (Å²) in [6.45, 7) is 14.8. The number of quaternary nitrogens is 1. The molecule has 3 nitrogen and oxygen atoms in total. The average Bonchev–Trinajstić information content (AvgIpc) is 2.29. The van der Waals surface area contributed by atoms with Crippen LogP contribution < -0.4 is 5.11 Å². The zero-order chi connectivity index (χ0) is 16.2. The van der Waals surface area contributed by atoms with Gasteiger partial charge in [-0.15, -0.1) is 0 Å². The van der Waals surface area contributed by atoms with E-state index in [4.69, 9.17) is 34.8 Å². The lowest BCUT2D eigenvalue weighted by Crippen LogP contribution is -2.50. The van der Waals surface area contributed by atoms with Crippen LogP contribution in [0.15, 0.2) is 0 Å². The van der Waals surface area contributed by atoms with Gasteiger partial charge in [0.1, 0.15) is 0 Å². The fourth-order valence-corrected chi connectivity index (χ4v) is 2.57. The molecule has 0 aromatic rings. The van der Waals surface area contributed by atoms with E-state index in [-0.39, 0.29) is 0 Å². The number of carboxylic acids is 1. The first-order chi connectivity index (χ1) is 9.19. The van der Waals surface area contributed by atoms with E-state index in [9.17, 15) is 9.90 Å². The number of halogens is 3. The summed E-state index contributed by atoms with van der Waals surface area (Å²) in [4.78, 5) is 9.51. The van der Waals surface area contributed by atoms with Crippen molar-refractivity contribution < 1.29 is 14.4 Å². The minimum atomic E-state index is -2.28. The highest BCUT2D eigenvalue weighted by atomic mass is 35.6. The van der Waals surface area contributed by atoms with Crippen molar-refractivity contribution in [1.29, 1.82) is 0 Å². The summed E-state index contributed by atoms with van der Waals surface area (Å²) < 4.78 is -0.903. The van der Waals surface area contributed by atoms with Crippen LogP contribution in [0.2, 0.25) is 0 Å². The zero-order valence-electron chi connectivity index (χ0n) is 13.1. The number of carbonyl (C=O) groups excluding carboxylic acids is 1. The number of alkyl halides is 3. The van der Waals surface area contributed by atoms with Gasteiger partial charge in [-0.3, -0.25) is 0 Å². The minimum Gasteiger partial charge on any atom is -0.545 e. The fraction of sp³-hybridized carbons (Fsp3) is 0.929. The highest BCUT2D eigenvalue weighted by Crippen LogP contribution is 2.24. The van der Waals surface area contributed by atoms with E-state index in [1.54, 1.807) is 0 Å². The van der Waals surface area contributed by atoms with Gasteiger partial charge in [0.2, 0.25) is 3.79 Å². The van der Waals surface area contributed by atoms with E-state index < -0.39 is 9.76 Å². The second kappa shape index (κ2) is 11.9. The van der Waals surface area contributed by atoms with Gasteiger partial charge in [-0.05, 0) is 25.7 Å². The Morgan fingerprint density at radius 2 is 1.05 bits per heavy atom. The third-order valence-corrected chi connectivity index (χ3v) is 3.49. The van der Waals surface area contributed by atoms with Crippen LogP contribution >= 0.6 is 34.8 Å². The Morgan fingerprint density at radius 3 is 1.15 bits per heavy atom. The summed E-state index contributed by atoms with van der Waals surface area (Å²) in [6.07, 6.45) is 5.33. The molecular formula is C14H28Cl3NO2. The van der Waals surface area contributed by atoms with Crippen molar-refractivity contribution in [2.24, 2.45) is 0 Å². The fourth-order valence-electron chi connectivity index (χ4n) is 2.57. The minimum absolute atomic E-state index is 1.33. The highest BCUT2D eigenvalue weighted by molar-refractivity contribution is 6.75. The SMILES string of the molecule is CCC[N+](CCC)(CCC)CCC.O=C([O-])C(Cl)(Cl)Cl. The molecule has 0 aliphatic heterocycles. The van der Waals surface area contributed by atoms with Gasteiger partial charge in [0.15, 0.2) is 0 Å². The Hall–Kier alpha value is 0.300. The number of aliphatic carboxylic acids is 1. The maximum absolute atomic E-state index is 9.51. The van der Waals surface area contributed by atoms with Crippen LogP contribution in [0, 0.1) is 0 Å². The van der Waals surface area contributed by atoms with Gasteiger partial charge in [-0.2, -0.15) is 0 Å². The second-order valence-electron chi connectivity index (χ2n) is 5.02. The molecule has 0 N–H and O–H groups in total. The number of carbonyl (C=O) groups is 1. The summed E-state index contributed by atoms with van der Waals surface area (Å²) >= 11 is 14.2. The van der Waals surface area contributed by atoms with Gasteiger partial charge < -0.3 is 14.4 Å². The van der Waals surface area contributed by atoms with Crippen molar-refractivity contribution in [3.63, 3.8) is 0 Å². The van der Waals surface area contributed by atoms with Gasteiger partial charge in [-0.25, -0.2) is 0 Å². The summed E-state index contributed by atoms with van der Waals surface area (Å²) in [5, 5.41) is 9.51. The van der Waals surface area contributed by atoms with E-state index in [1.165, 1.54) is 56.3 Å². The van der Waals surface area contributed by atoms with Crippen molar-refractivity contribution in [3.8, 4) is 0 Å². The molecule has 0 unspecified atom stereocenters. The molecule has 0 saturated carbocycles. The van der Waals surface area contributed by atoms with E-state index in [1.807, 2.05) is 0 Å². The van der Waals surface area contributed by atoms with Crippen LogP contribution in [0.4, 0.5) is 0 Å². The maximum Gasteiger partial charge on any atom is 0.230 e. The molecule has 0 rings (SSSR count).